The third kappa shape index (κ3) is 4.07. The van der Waals surface area contributed by atoms with Crippen molar-refractivity contribution in [1.29, 1.82) is 0 Å². The average molecular weight is 418 g/mol. The zero-order valence-corrected chi connectivity index (χ0v) is 17.2. The maximum Gasteiger partial charge on any atom is 0.296 e. The predicted molar refractivity (Wildman–Crippen MR) is 113 cm³/mol. The van der Waals surface area contributed by atoms with Gasteiger partial charge in [-0.25, -0.2) is 0 Å². The standard InChI is InChI=1S/C24H22N2O5/c1-15(2)31-18-10-8-16(9-11-18)22(27)20-21(19-7-5-13-30-19)26(24(29)23(20)28)14-17-6-3-4-12-25-17/h3-13,15,21,27H,14H2,1-2H3/b22-20-. The highest BCUT2D eigenvalue weighted by Gasteiger charge is 2.47. The van der Waals surface area contributed by atoms with E-state index in [1.54, 1.807) is 54.7 Å². The molecule has 0 saturated carbocycles. The minimum atomic E-state index is -0.858. The molecule has 4 rings (SSSR count). The molecule has 0 bridgehead atoms. The summed E-state index contributed by atoms with van der Waals surface area (Å²) in [5.41, 5.74) is 1.01. The lowest BCUT2D eigenvalue weighted by Crippen LogP contribution is -2.29. The van der Waals surface area contributed by atoms with Crippen LogP contribution in [0.3, 0.4) is 0 Å². The van der Waals surface area contributed by atoms with Gasteiger partial charge >= 0.3 is 0 Å². The molecule has 0 spiro atoms. The minimum absolute atomic E-state index is 0.00956. The normalized spacial score (nSPS) is 18.0. The number of ether oxygens (including phenoxy) is 1. The van der Waals surface area contributed by atoms with Crippen LogP contribution in [0.25, 0.3) is 5.76 Å². The van der Waals surface area contributed by atoms with Crippen molar-refractivity contribution in [3.05, 3.63) is 89.6 Å². The van der Waals surface area contributed by atoms with Crippen molar-refractivity contribution in [3.63, 3.8) is 0 Å². The Morgan fingerprint density at radius 2 is 1.90 bits per heavy atom. The summed E-state index contributed by atoms with van der Waals surface area (Å²) in [6, 6.07) is 14.6. The lowest BCUT2D eigenvalue weighted by molar-refractivity contribution is -0.140. The highest BCUT2D eigenvalue weighted by atomic mass is 16.5. The van der Waals surface area contributed by atoms with Gasteiger partial charge in [-0.05, 0) is 62.4 Å². The van der Waals surface area contributed by atoms with Gasteiger partial charge in [0.1, 0.15) is 23.3 Å². The van der Waals surface area contributed by atoms with Crippen LogP contribution in [-0.4, -0.2) is 32.8 Å². The number of Topliss-reactive ketones (excluding diaryl/α,β-unsaturated/α-hetero) is 1. The second-order valence-corrected chi connectivity index (χ2v) is 7.45. The Bertz CT molecular complexity index is 1100. The van der Waals surface area contributed by atoms with E-state index in [2.05, 4.69) is 4.98 Å². The van der Waals surface area contributed by atoms with Gasteiger partial charge in [0.05, 0.1) is 30.2 Å². The molecular weight excluding hydrogens is 396 g/mol. The van der Waals surface area contributed by atoms with E-state index in [1.807, 2.05) is 19.9 Å². The fourth-order valence-electron chi connectivity index (χ4n) is 3.57. The Morgan fingerprint density at radius 3 is 2.52 bits per heavy atom. The van der Waals surface area contributed by atoms with Gasteiger partial charge in [-0.2, -0.15) is 0 Å². The zero-order chi connectivity index (χ0) is 22.0. The van der Waals surface area contributed by atoms with Crippen molar-refractivity contribution in [3.8, 4) is 5.75 Å². The molecule has 3 aromatic rings. The third-order valence-electron chi connectivity index (χ3n) is 4.91. The first-order chi connectivity index (χ1) is 15.0. The van der Waals surface area contributed by atoms with Crippen molar-refractivity contribution >= 4 is 17.4 Å². The van der Waals surface area contributed by atoms with Gasteiger partial charge in [-0.15, -0.1) is 0 Å². The molecule has 1 saturated heterocycles. The number of aliphatic hydroxyl groups excluding tert-OH is 1. The second kappa shape index (κ2) is 8.47. The number of ketones is 1. The molecule has 1 atom stereocenters. The Labute approximate surface area is 179 Å². The molecular formula is C24H22N2O5. The number of amides is 1. The first-order valence-corrected chi connectivity index (χ1v) is 9.94. The van der Waals surface area contributed by atoms with Gasteiger partial charge in [0.25, 0.3) is 11.7 Å². The van der Waals surface area contributed by atoms with Crippen LogP contribution in [0.1, 0.15) is 36.9 Å². The number of carbonyl (C=O) groups is 2. The van der Waals surface area contributed by atoms with E-state index >= 15 is 0 Å². The predicted octanol–water partition coefficient (Wildman–Crippen LogP) is 4.08. The number of carbonyl (C=O) groups excluding carboxylic acids is 2. The molecule has 1 aliphatic rings. The molecule has 1 aliphatic heterocycles. The van der Waals surface area contributed by atoms with E-state index in [0.29, 0.717) is 22.8 Å². The van der Waals surface area contributed by atoms with Gasteiger partial charge in [-0.3, -0.25) is 14.6 Å². The monoisotopic (exact) mass is 418 g/mol. The van der Waals surface area contributed by atoms with Crippen LogP contribution in [0.2, 0.25) is 0 Å². The number of likely N-dealkylation sites (tertiary alicyclic amines) is 1. The third-order valence-corrected chi connectivity index (χ3v) is 4.91. The highest BCUT2D eigenvalue weighted by molar-refractivity contribution is 6.46. The van der Waals surface area contributed by atoms with Gasteiger partial charge in [0, 0.05) is 11.8 Å². The van der Waals surface area contributed by atoms with Gasteiger partial charge in [0.2, 0.25) is 0 Å². The summed E-state index contributed by atoms with van der Waals surface area (Å²) in [5.74, 6) is -0.716. The van der Waals surface area contributed by atoms with E-state index in [1.165, 1.54) is 11.2 Å². The summed E-state index contributed by atoms with van der Waals surface area (Å²) in [6.45, 7) is 3.94. The first-order valence-electron chi connectivity index (χ1n) is 9.94. The number of pyridine rings is 1. The summed E-state index contributed by atoms with van der Waals surface area (Å²) in [6.07, 6.45) is 3.10. The molecule has 2 aromatic heterocycles. The van der Waals surface area contributed by atoms with Crippen LogP contribution in [0, 0.1) is 0 Å². The number of furan rings is 1. The highest BCUT2D eigenvalue weighted by Crippen LogP contribution is 2.40. The minimum Gasteiger partial charge on any atom is -0.507 e. The van der Waals surface area contributed by atoms with Crippen molar-refractivity contribution < 1.29 is 23.8 Å². The molecule has 7 heteroatoms. The number of hydrogen-bond donors (Lipinski definition) is 1. The lowest BCUT2D eigenvalue weighted by atomic mass is 9.99. The summed E-state index contributed by atoms with van der Waals surface area (Å²) in [7, 11) is 0. The zero-order valence-electron chi connectivity index (χ0n) is 17.2. The van der Waals surface area contributed by atoms with Crippen molar-refractivity contribution in [2.75, 3.05) is 0 Å². The average Bonchev–Trinajstić information content (AvgIpc) is 3.37. The molecule has 1 fully saturated rings. The van der Waals surface area contributed by atoms with E-state index in [9.17, 15) is 14.7 Å². The van der Waals surface area contributed by atoms with Crippen molar-refractivity contribution in [2.45, 2.75) is 32.5 Å². The number of rotatable bonds is 6. The summed E-state index contributed by atoms with van der Waals surface area (Å²) < 4.78 is 11.2. The number of hydrogen-bond acceptors (Lipinski definition) is 6. The summed E-state index contributed by atoms with van der Waals surface area (Å²) in [4.78, 5) is 31.4. The Kier molecular flexibility index (Phi) is 5.58. The number of aliphatic hydroxyl groups is 1. The van der Waals surface area contributed by atoms with Crippen LogP contribution in [0.5, 0.6) is 5.75 Å². The van der Waals surface area contributed by atoms with E-state index in [-0.39, 0.29) is 24.0 Å². The van der Waals surface area contributed by atoms with Crippen LogP contribution in [0.15, 0.2) is 77.0 Å². The van der Waals surface area contributed by atoms with Crippen LogP contribution in [0.4, 0.5) is 0 Å². The molecule has 1 aromatic carbocycles. The fourth-order valence-corrected chi connectivity index (χ4v) is 3.57. The van der Waals surface area contributed by atoms with Crippen LogP contribution in [-0.2, 0) is 16.1 Å². The Balaban J connectivity index is 1.76. The summed E-state index contributed by atoms with van der Waals surface area (Å²) >= 11 is 0. The largest absolute Gasteiger partial charge is 0.507 e. The van der Waals surface area contributed by atoms with Crippen LogP contribution < -0.4 is 4.74 Å². The van der Waals surface area contributed by atoms with E-state index in [0.717, 1.165) is 0 Å². The number of aromatic nitrogens is 1. The van der Waals surface area contributed by atoms with Gasteiger partial charge in [-0.1, -0.05) is 6.07 Å². The molecule has 31 heavy (non-hydrogen) atoms. The molecule has 7 nitrogen and oxygen atoms in total. The molecule has 3 heterocycles. The molecule has 0 radical (unpaired) electrons. The molecule has 1 N–H and O–H groups in total. The van der Waals surface area contributed by atoms with E-state index < -0.39 is 17.7 Å². The SMILES string of the molecule is CC(C)Oc1ccc(/C(O)=C2/C(=O)C(=O)N(Cc3ccccn3)C2c2ccco2)cc1. The van der Waals surface area contributed by atoms with E-state index in [4.69, 9.17) is 9.15 Å². The molecule has 158 valence electrons. The molecule has 0 aliphatic carbocycles. The first kappa shape index (κ1) is 20.4. The summed E-state index contributed by atoms with van der Waals surface area (Å²) in [5, 5.41) is 11.0. The number of nitrogens with zero attached hydrogens (tertiary/aromatic N) is 2. The maximum absolute atomic E-state index is 12.9. The Hall–Kier alpha value is -3.87. The van der Waals surface area contributed by atoms with Gasteiger partial charge in [0.15, 0.2) is 0 Å². The topological polar surface area (TPSA) is 92.9 Å². The molecule has 1 unspecified atom stereocenters. The molecule has 1 amide bonds. The van der Waals surface area contributed by atoms with Crippen LogP contribution >= 0.6 is 0 Å². The smallest absolute Gasteiger partial charge is 0.296 e. The van der Waals surface area contributed by atoms with Crippen molar-refractivity contribution in [2.24, 2.45) is 0 Å². The lowest BCUT2D eigenvalue weighted by Gasteiger charge is -2.22. The maximum atomic E-state index is 12.9. The van der Waals surface area contributed by atoms with Crippen molar-refractivity contribution in [1.82, 2.24) is 9.88 Å². The number of benzene rings is 1. The quantitative estimate of drug-likeness (QED) is 0.368. The Morgan fingerprint density at radius 1 is 1.13 bits per heavy atom. The second-order valence-electron chi connectivity index (χ2n) is 7.45. The fraction of sp³-hybridized carbons (Fsp3) is 0.208. The van der Waals surface area contributed by atoms with Gasteiger partial charge < -0.3 is 19.2 Å².